The number of rotatable bonds is 3. The van der Waals surface area contributed by atoms with Crippen LogP contribution in [0.3, 0.4) is 0 Å². The minimum Gasteiger partial charge on any atom is -0.491 e. The Kier molecular flexibility index (Phi) is 6.35. The highest BCUT2D eigenvalue weighted by Crippen LogP contribution is 2.53. The van der Waals surface area contributed by atoms with Crippen LogP contribution in [0.2, 0.25) is 0 Å². The molecule has 3 aromatic rings. The number of hydrogen-bond donors (Lipinski definition) is 0. The van der Waals surface area contributed by atoms with Crippen LogP contribution in [0.25, 0.3) is 0 Å². The van der Waals surface area contributed by atoms with Crippen molar-refractivity contribution in [3.8, 4) is 5.75 Å². The van der Waals surface area contributed by atoms with Crippen molar-refractivity contribution in [3.63, 3.8) is 0 Å². The minimum absolute atomic E-state index is 0.0369. The summed E-state index contributed by atoms with van der Waals surface area (Å²) in [7, 11) is 0. The van der Waals surface area contributed by atoms with Crippen LogP contribution >= 0.6 is 0 Å². The predicted octanol–water partition coefficient (Wildman–Crippen LogP) is 6.64. The second-order valence-corrected chi connectivity index (χ2v) is 11.9. The number of amides is 2. The molecule has 0 saturated carbocycles. The molecule has 0 bridgehead atoms. The minimum atomic E-state index is -4.61. The molecule has 6 rings (SSSR count). The van der Waals surface area contributed by atoms with Gasteiger partial charge in [0.25, 0.3) is 0 Å². The summed E-state index contributed by atoms with van der Waals surface area (Å²) in [6.07, 6.45) is -3.26. The van der Waals surface area contributed by atoms with E-state index < -0.39 is 23.0 Å². The highest BCUT2D eigenvalue weighted by Gasteiger charge is 2.57. The van der Waals surface area contributed by atoms with Gasteiger partial charge in [-0.2, -0.15) is 13.2 Å². The standard InChI is InChI=1S/C31H31F3N2O5/c1-29(2,3)41-28(38)35-14-6-7-20(16-35)19-10-12-25-23(15-19)30(18-39-25)22-8-4-5-9-24(22)36(27(30)37)17-21-11-13-26(40-21)31(32,33)34/h4-5,8-13,15,20H,6-7,14,16-18H2,1-3H3. The molecule has 0 N–H and O–H groups in total. The topological polar surface area (TPSA) is 72.2 Å². The van der Waals surface area contributed by atoms with Crippen molar-refractivity contribution >= 4 is 17.7 Å². The zero-order chi connectivity index (χ0) is 29.2. The van der Waals surface area contributed by atoms with E-state index in [-0.39, 0.29) is 36.8 Å². The van der Waals surface area contributed by atoms with E-state index in [1.807, 2.05) is 51.1 Å². The fraction of sp³-hybridized carbons (Fsp3) is 0.419. The number of piperidine rings is 1. The summed E-state index contributed by atoms with van der Waals surface area (Å²) in [4.78, 5) is 30.2. The number of anilines is 1. The summed E-state index contributed by atoms with van der Waals surface area (Å²) < 4.78 is 56.2. The number of likely N-dealkylation sites (tertiary alicyclic amines) is 1. The van der Waals surface area contributed by atoms with Crippen molar-refractivity contribution in [1.29, 1.82) is 0 Å². The van der Waals surface area contributed by atoms with Gasteiger partial charge in [0.15, 0.2) is 0 Å². The first-order valence-electron chi connectivity index (χ1n) is 13.7. The van der Waals surface area contributed by atoms with Crippen LogP contribution in [0.5, 0.6) is 5.75 Å². The average Bonchev–Trinajstić information content (AvgIpc) is 3.61. The van der Waals surface area contributed by atoms with Crippen LogP contribution in [0, 0.1) is 0 Å². The number of alkyl halides is 3. The Morgan fingerprint density at radius 3 is 2.59 bits per heavy atom. The van der Waals surface area contributed by atoms with Gasteiger partial charge >= 0.3 is 12.3 Å². The smallest absolute Gasteiger partial charge is 0.449 e. The molecule has 3 aliphatic rings. The fourth-order valence-electron chi connectivity index (χ4n) is 6.12. The molecule has 216 valence electrons. The number of benzene rings is 2. The number of ether oxygens (including phenoxy) is 2. The van der Waals surface area contributed by atoms with Crippen LogP contribution in [0.15, 0.2) is 59.0 Å². The van der Waals surface area contributed by atoms with Crippen molar-refractivity contribution in [2.45, 2.75) is 63.3 Å². The highest BCUT2D eigenvalue weighted by molar-refractivity contribution is 6.11. The van der Waals surface area contributed by atoms with E-state index in [1.165, 1.54) is 11.0 Å². The Balaban J connectivity index is 1.32. The van der Waals surface area contributed by atoms with E-state index in [0.717, 1.165) is 35.6 Å². The second kappa shape index (κ2) is 9.56. The number of fused-ring (bicyclic) bond motifs is 4. The second-order valence-electron chi connectivity index (χ2n) is 11.9. The Hall–Kier alpha value is -3.95. The van der Waals surface area contributed by atoms with Crippen LogP contribution < -0.4 is 9.64 Å². The lowest BCUT2D eigenvalue weighted by molar-refractivity contribution is -0.153. The summed E-state index contributed by atoms with van der Waals surface area (Å²) >= 11 is 0. The third-order valence-electron chi connectivity index (χ3n) is 7.97. The number of para-hydroxylation sites is 1. The third-order valence-corrected chi connectivity index (χ3v) is 7.97. The number of nitrogens with zero attached hydrogens (tertiary/aromatic N) is 2. The maximum Gasteiger partial charge on any atom is 0.449 e. The molecular formula is C31H31F3N2O5. The van der Waals surface area contributed by atoms with Gasteiger partial charge in [0.1, 0.15) is 29.1 Å². The van der Waals surface area contributed by atoms with Crippen molar-refractivity contribution < 1.29 is 36.7 Å². The Morgan fingerprint density at radius 1 is 1.07 bits per heavy atom. The lowest BCUT2D eigenvalue weighted by Crippen LogP contribution is -2.43. The Labute approximate surface area is 235 Å². The number of carbonyl (C=O) groups excluding carboxylic acids is 2. The first kappa shape index (κ1) is 27.2. The van der Waals surface area contributed by atoms with Crippen molar-refractivity contribution in [1.82, 2.24) is 4.90 Å². The van der Waals surface area contributed by atoms with Crippen LogP contribution in [-0.2, 0) is 27.7 Å². The maximum absolute atomic E-state index is 14.2. The van der Waals surface area contributed by atoms with Crippen LogP contribution in [0.1, 0.15) is 67.7 Å². The third kappa shape index (κ3) is 4.73. The lowest BCUT2D eigenvalue weighted by Gasteiger charge is -2.34. The SMILES string of the molecule is CC(C)(C)OC(=O)N1CCCC(c2ccc3c(c2)C2(CO3)C(=O)N(Cc3ccc(C(F)(F)F)o3)c3ccccc32)C1. The van der Waals surface area contributed by atoms with Gasteiger partial charge < -0.3 is 23.7 Å². The van der Waals surface area contributed by atoms with E-state index in [1.54, 1.807) is 17.0 Å². The van der Waals surface area contributed by atoms with Gasteiger partial charge in [-0.1, -0.05) is 30.3 Å². The monoisotopic (exact) mass is 568 g/mol. The molecular weight excluding hydrogens is 537 g/mol. The summed E-state index contributed by atoms with van der Waals surface area (Å²) in [6, 6.07) is 15.3. The zero-order valence-electron chi connectivity index (χ0n) is 23.1. The van der Waals surface area contributed by atoms with Crippen LogP contribution in [-0.4, -0.2) is 42.2 Å². The van der Waals surface area contributed by atoms with E-state index in [4.69, 9.17) is 13.9 Å². The molecule has 4 heterocycles. The van der Waals surface area contributed by atoms with Gasteiger partial charge in [0, 0.05) is 30.3 Å². The first-order valence-corrected chi connectivity index (χ1v) is 13.7. The number of furan rings is 1. The summed E-state index contributed by atoms with van der Waals surface area (Å²) in [5.41, 5.74) is 1.33. The van der Waals surface area contributed by atoms with E-state index >= 15 is 0 Å². The van der Waals surface area contributed by atoms with Gasteiger partial charge in [-0.3, -0.25) is 4.79 Å². The Morgan fingerprint density at radius 2 is 1.85 bits per heavy atom. The molecule has 0 aliphatic carbocycles. The van der Waals surface area contributed by atoms with E-state index in [0.29, 0.717) is 24.5 Å². The summed E-state index contributed by atoms with van der Waals surface area (Å²) in [5.74, 6) is -0.704. The Bertz CT molecular complexity index is 1510. The summed E-state index contributed by atoms with van der Waals surface area (Å²) in [6.45, 7) is 6.58. The van der Waals surface area contributed by atoms with Crippen molar-refractivity contribution in [3.05, 3.63) is 82.8 Å². The molecule has 3 aliphatic heterocycles. The molecule has 2 atom stereocenters. The number of hydrogen-bond acceptors (Lipinski definition) is 5. The normalized spacial score (nSPS) is 22.1. The van der Waals surface area contributed by atoms with Crippen molar-refractivity contribution in [2.75, 3.05) is 24.6 Å². The van der Waals surface area contributed by atoms with Gasteiger partial charge in [0.2, 0.25) is 11.7 Å². The fourth-order valence-corrected chi connectivity index (χ4v) is 6.12. The molecule has 1 fully saturated rings. The molecule has 2 unspecified atom stereocenters. The molecule has 1 spiro atoms. The molecule has 41 heavy (non-hydrogen) atoms. The van der Waals surface area contributed by atoms with Gasteiger partial charge in [-0.05, 0) is 69.0 Å². The van der Waals surface area contributed by atoms with E-state index in [9.17, 15) is 22.8 Å². The number of carbonyl (C=O) groups is 2. The molecule has 10 heteroatoms. The lowest BCUT2D eigenvalue weighted by atomic mass is 9.75. The highest BCUT2D eigenvalue weighted by atomic mass is 19.4. The van der Waals surface area contributed by atoms with E-state index in [2.05, 4.69) is 0 Å². The quantitative estimate of drug-likeness (QED) is 0.354. The molecule has 1 aromatic heterocycles. The molecule has 1 saturated heterocycles. The summed E-state index contributed by atoms with van der Waals surface area (Å²) in [5, 5.41) is 0. The molecule has 2 aromatic carbocycles. The largest absolute Gasteiger partial charge is 0.491 e. The van der Waals surface area contributed by atoms with Gasteiger partial charge in [-0.15, -0.1) is 0 Å². The average molecular weight is 569 g/mol. The molecule has 7 nitrogen and oxygen atoms in total. The molecule has 2 amide bonds. The zero-order valence-corrected chi connectivity index (χ0v) is 23.1. The number of halogens is 3. The van der Waals surface area contributed by atoms with Gasteiger partial charge in [0.05, 0.1) is 6.54 Å². The maximum atomic E-state index is 14.2. The van der Waals surface area contributed by atoms with Gasteiger partial charge in [-0.25, -0.2) is 4.79 Å². The predicted molar refractivity (Wildman–Crippen MR) is 144 cm³/mol. The van der Waals surface area contributed by atoms with Crippen LogP contribution in [0.4, 0.5) is 23.7 Å². The molecule has 0 radical (unpaired) electrons. The van der Waals surface area contributed by atoms with Crippen molar-refractivity contribution in [2.24, 2.45) is 0 Å². The first-order chi connectivity index (χ1) is 19.4.